The summed E-state index contributed by atoms with van der Waals surface area (Å²) in [5, 5.41) is 6.46. The molecule has 19 heavy (non-hydrogen) atoms. The maximum Gasteiger partial charge on any atom is 0.276 e. The smallest absolute Gasteiger partial charge is 0.276 e. The molecule has 0 unspecified atom stereocenters. The van der Waals surface area contributed by atoms with Gasteiger partial charge in [-0.15, -0.1) is 0 Å². The molecule has 0 aliphatic heterocycles. The fourth-order valence-corrected chi connectivity index (χ4v) is 1.65. The van der Waals surface area contributed by atoms with Gasteiger partial charge >= 0.3 is 0 Å². The lowest BCUT2D eigenvalue weighted by atomic mass is 10.3. The van der Waals surface area contributed by atoms with Crippen molar-refractivity contribution < 1.29 is 9.18 Å². The zero-order valence-corrected chi connectivity index (χ0v) is 9.62. The minimum absolute atomic E-state index is 0.0610. The highest BCUT2D eigenvalue weighted by atomic mass is 19.1. The molecule has 3 heterocycles. The van der Waals surface area contributed by atoms with Gasteiger partial charge in [0.05, 0.1) is 18.1 Å². The number of imidazole rings is 1. The third kappa shape index (κ3) is 2.01. The summed E-state index contributed by atoms with van der Waals surface area (Å²) in [5.41, 5.74) is 0.834. The third-order valence-electron chi connectivity index (χ3n) is 2.53. The van der Waals surface area contributed by atoms with Crippen LogP contribution in [0.2, 0.25) is 0 Å². The van der Waals surface area contributed by atoms with Gasteiger partial charge in [-0.3, -0.25) is 9.78 Å². The van der Waals surface area contributed by atoms with Crippen molar-refractivity contribution in [2.24, 2.45) is 0 Å². The van der Waals surface area contributed by atoms with E-state index >= 15 is 0 Å². The highest BCUT2D eigenvalue weighted by Gasteiger charge is 2.14. The Balaban J connectivity index is 1.95. The predicted octanol–water partition coefficient (Wildman–Crippen LogP) is 1.52. The summed E-state index contributed by atoms with van der Waals surface area (Å²) >= 11 is 0. The number of carbonyl (C=O) groups is 1. The monoisotopic (exact) mass is 257 g/mol. The second kappa shape index (κ2) is 4.45. The number of anilines is 1. The second-order valence-corrected chi connectivity index (χ2v) is 3.75. The van der Waals surface area contributed by atoms with Crippen molar-refractivity contribution in [3.8, 4) is 0 Å². The molecule has 3 aromatic heterocycles. The Bertz CT molecular complexity index is 754. The first-order valence-electron chi connectivity index (χ1n) is 5.45. The maximum absolute atomic E-state index is 13.4. The van der Waals surface area contributed by atoms with Crippen molar-refractivity contribution >= 4 is 17.2 Å². The lowest BCUT2D eigenvalue weighted by Gasteiger charge is -2.04. The van der Waals surface area contributed by atoms with Crippen LogP contribution in [0.5, 0.6) is 0 Å². The Morgan fingerprint density at radius 1 is 1.26 bits per heavy atom. The van der Waals surface area contributed by atoms with E-state index in [0.717, 1.165) is 6.20 Å². The molecule has 6 nitrogen and oxygen atoms in total. The van der Waals surface area contributed by atoms with E-state index in [-0.39, 0.29) is 11.4 Å². The molecule has 0 radical (unpaired) electrons. The quantitative estimate of drug-likeness (QED) is 0.755. The van der Waals surface area contributed by atoms with Crippen LogP contribution in [0.15, 0.2) is 43.0 Å². The zero-order valence-electron chi connectivity index (χ0n) is 9.62. The first-order chi connectivity index (χ1) is 9.25. The molecule has 7 heteroatoms. The van der Waals surface area contributed by atoms with E-state index in [1.807, 2.05) is 0 Å². The van der Waals surface area contributed by atoms with E-state index < -0.39 is 11.7 Å². The maximum atomic E-state index is 13.4. The van der Waals surface area contributed by atoms with Gasteiger partial charge in [-0.1, -0.05) is 0 Å². The van der Waals surface area contributed by atoms with Crippen LogP contribution in [0.4, 0.5) is 10.1 Å². The number of rotatable bonds is 2. The lowest BCUT2D eigenvalue weighted by molar-refractivity contribution is 0.102. The molecule has 0 aliphatic carbocycles. The van der Waals surface area contributed by atoms with Crippen molar-refractivity contribution in [1.29, 1.82) is 0 Å². The van der Waals surface area contributed by atoms with Crippen LogP contribution in [0.25, 0.3) is 5.65 Å². The van der Waals surface area contributed by atoms with Gasteiger partial charge in [0, 0.05) is 12.4 Å². The van der Waals surface area contributed by atoms with Crippen LogP contribution in [-0.4, -0.2) is 25.5 Å². The first-order valence-corrected chi connectivity index (χ1v) is 5.45. The molecular formula is C12H8FN5O. The number of halogens is 1. The predicted molar refractivity (Wildman–Crippen MR) is 65.1 cm³/mol. The van der Waals surface area contributed by atoms with Gasteiger partial charge in [0.15, 0.2) is 17.2 Å². The molecule has 94 valence electrons. The molecule has 3 rings (SSSR count). The normalized spacial score (nSPS) is 10.6. The Labute approximate surface area is 106 Å². The van der Waals surface area contributed by atoms with Crippen molar-refractivity contribution in [3.05, 3.63) is 54.5 Å². The molecule has 3 aromatic rings. The Morgan fingerprint density at radius 3 is 3.00 bits per heavy atom. The Hall–Kier alpha value is -2.83. The first kappa shape index (κ1) is 11.3. The summed E-state index contributed by atoms with van der Waals surface area (Å²) in [6, 6.07) is 4.81. The van der Waals surface area contributed by atoms with Crippen LogP contribution in [-0.2, 0) is 0 Å². The molecular weight excluding hydrogens is 249 g/mol. The standard InChI is InChI=1S/C12H8FN5O/c13-8-6-14-5-3-9(8)17-12(19)10-7-15-11-2-1-4-16-18(10)11/h1-7H,(H,14,17,19). The molecule has 0 bridgehead atoms. The number of nitrogens with zero attached hydrogens (tertiary/aromatic N) is 4. The number of carbonyl (C=O) groups excluding carboxylic acids is 1. The number of nitrogens with one attached hydrogen (secondary N) is 1. The van der Waals surface area contributed by atoms with Crippen LogP contribution in [0.1, 0.15) is 10.5 Å². The van der Waals surface area contributed by atoms with Gasteiger partial charge in [-0.25, -0.2) is 13.9 Å². The van der Waals surface area contributed by atoms with E-state index in [1.165, 1.54) is 23.0 Å². The van der Waals surface area contributed by atoms with E-state index in [2.05, 4.69) is 20.4 Å². The van der Waals surface area contributed by atoms with Crippen LogP contribution >= 0.6 is 0 Å². The number of amides is 1. The third-order valence-corrected chi connectivity index (χ3v) is 2.53. The van der Waals surface area contributed by atoms with Crippen molar-refractivity contribution in [3.63, 3.8) is 0 Å². The van der Waals surface area contributed by atoms with Gasteiger partial charge in [0.1, 0.15) is 0 Å². The van der Waals surface area contributed by atoms with Gasteiger partial charge in [-0.05, 0) is 18.2 Å². The van der Waals surface area contributed by atoms with E-state index in [0.29, 0.717) is 5.65 Å². The zero-order chi connectivity index (χ0) is 13.2. The van der Waals surface area contributed by atoms with Crippen molar-refractivity contribution in [2.75, 3.05) is 5.32 Å². The molecule has 1 amide bonds. The van der Waals surface area contributed by atoms with Gasteiger partial charge < -0.3 is 5.32 Å². The number of aromatic nitrogens is 4. The Kier molecular flexibility index (Phi) is 2.64. The minimum Gasteiger partial charge on any atom is -0.318 e. The summed E-state index contributed by atoms with van der Waals surface area (Å²) in [6.07, 6.45) is 5.35. The highest BCUT2D eigenvalue weighted by Crippen LogP contribution is 2.13. The number of fused-ring (bicyclic) bond motifs is 1. The van der Waals surface area contributed by atoms with Gasteiger partial charge in [-0.2, -0.15) is 5.10 Å². The summed E-state index contributed by atoms with van der Waals surface area (Å²) in [4.78, 5) is 19.7. The van der Waals surface area contributed by atoms with Crippen LogP contribution < -0.4 is 5.32 Å². The van der Waals surface area contributed by atoms with Crippen LogP contribution in [0, 0.1) is 5.82 Å². The molecule has 0 fully saturated rings. The lowest BCUT2D eigenvalue weighted by Crippen LogP contribution is -2.16. The molecule has 0 aromatic carbocycles. The van der Waals surface area contributed by atoms with E-state index in [9.17, 15) is 9.18 Å². The highest BCUT2D eigenvalue weighted by molar-refractivity contribution is 6.03. The topological polar surface area (TPSA) is 72.2 Å². The number of hydrogen-bond acceptors (Lipinski definition) is 4. The van der Waals surface area contributed by atoms with Gasteiger partial charge in [0.25, 0.3) is 5.91 Å². The SMILES string of the molecule is O=C(Nc1ccncc1F)c1cnc2cccnn12. The summed E-state index contributed by atoms with van der Waals surface area (Å²) in [6.45, 7) is 0. The van der Waals surface area contributed by atoms with Crippen molar-refractivity contribution in [2.45, 2.75) is 0 Å². The fourth-order valence-electron chi connectivity index (χ4n) is 1.65. The largest absolute Gasteiger partial charge is 0.318 e. The number of pyridine rings is 1. The molecule has 0 atom stereocenters. The fraction of sp³-hybridized carbons (Fsp3) is 0. The molecule has 0 spiro atoms. The summed E-state index contributed by atoms with van der Waals surface area (Å²) in [5.74, 6) is -1.09. The van der Waals surface area contributed by atoms with Crippen molar-refractivity contribution in [1.82, 2.24) is 19.6 Å². The molecule has 1 N–H and O–H groups in total. The van der Waals surface area contributed by atoms with E-state index in [4.69, 9.17) is 0 Å². The molecule has 0 aliphatic rings. The van der Waals surface area contributed by atoms with E-state index in [1.54, 1.807) is 18.3 Å². The second-order valence-electron chi connectivity index (χ2n) is 3.75. The average molecular weight is 257 g/mol. The number of hydrogen-bond donors (Lipinski definition) is 1. The summed E-state index contributed by atoms with van der Waals surface area (Å²) in [7, 11) is 0. The van der Waals surface area contributed by atoms with Crippen LogP contribution in [0.3, 0.4) is 0 Å². The molecule has 0 saturated carbocycles. The minimum atomic E-state index is -0.599. The average Bonchev–Trinajstić information content (AvgIpc) is 2.85. The summed E-state index contributed by atoms with van der Waals surface area (Å²) < 4.78 is 14.8. The Morgan fingerprint density at radius 2 is 2.16 bits per heavy atom. The molecule has 0 saturated heterocycles. The van der Waals surface area contributed by atoms with Gasteiger partial charge in [0.2, 0.25) is 0 Å².